The first-order valence-corrected chi connectivity index (χ1v) is 8.07. The first-order chi connectivity index (χ1) is 11.0. The third-order valence-electron chi connectivity index (χ3n) is 4.87. The Kier molecular flexibility index (Phi) is 4.48. The van der Waals surface area contributed by atoms with Gasteiger partial charge < -0.3 is 5.11 Å². The normalized spacial score (nSPS) is 19.0. The molecule has 23 heavy (non-hydrogen) atoms. The lowest BCUT2D eigenvalue weighted by molar-refractivity contribution is 0.0697. The maximum Gasteiger partial charge on any atom is 0.335 e. The third-order valence-corrected chi connectivity index (χ3v) is 4.87. The Morgan fingerprint density at radius 3 is 2.70 bits per heavy atom. The number of aromatic carboxylic acids is 1. The van der Waals surface area contributed by atoms with Crippen molar-refractivity contribution >= 4 is 5.97 Å². The molecule has 1 aromatic heterocycles. The predicted molar refractivity (Wildman–Crippen MR) is 88.6 cm³/mol. The van der Waals surface area contributed by atoms with Gasteiger partial charge in [0.1, 0.15) is 0 Å². The lowest BCUT2D eigenvalue weighted by Crippen LogP contribution is -2.34. The number of aromatic nitrogens is 2. The number of aryl methyl sites for hydroxylation is 1. The number of hydrogen-bond donors (Lipinski definition) is 1. The second kappa shape index (κ2) is 6.54. The molecule has 1 aliphatic rings. The van der Waals surface area contributed by atoms with Gasteiger partial charge in [-0.2, -0.15) is 5.10 Å². The van der Waals surface area contributed by atoms with Crippen LogP contribution < -0.4 is 0 Å². The first-order valence-electron chi connectivity index (χ1n) is 8.07. The molecule has 0 unspecified atom stereocenters. The monoisotopic (exact) mass is 313 g/mol. The summed E-state index contributed by atoms with van der Waals surface area (Å²) < 4.78 is 1.92. The number of likely N-dealkylation sites (tertiary alicyclic amines) is 1. The van der Waals surface area contributed by atoms with Gasteiger partial charge in [0.25, 0.3) is 0 Å². The van der Waals surface area contributed by atoms with Crippen LogP contribution in [0.4, 0.5) is 0 Å². The van der Waals surface area contributed by atoms with Crippen LogP contribution in [0.3, 0.4) is 0 Å². The summed E-state index contributed by atoms with van der Waals surface area (Å²) in [5.41, 5.74) is 4.10. The van der Waals surface area contributed by atoms with Gasteiger partial charge in [-0.1, -0.05) is 12.1 Å². The summed E-state index contributed by atoms with van der Waals surface area (Å²) in [6.45, 7) is 5.16. The molecule has 0 radical (unpaired) electrons. The van der Waals surface area contributed by atoms with Gasteiger partial charge in [-0.25, -0.2) is 4.79 Å². The highest BCUT2D eigenvalue weighted by Gasteiger charge is 2.22. The molecule has 0 saturated carbocycles. The summed E-state index contributed by atoms with van der Waals surface area (Å²) in [7, 11) is 1.97. The molecule has 1 saturated heterocycles. The Hall–Kier alpha value is -2.14. The van der Waals surface area contributed by atoms with E-state index in [2.05, 4.69) is 16.9 Å². The molecule has 5 nitrogen and oxygen atoms in total. The van der Waals surface area contributed by atoms with Gasteiger partial charge in [-0.3, -0.25) is 9.58 Å². The van der Waals surface area contributed by atoms with E-state index in [1.807, 2.05) is 30.1 Å². The summed E-state index contributed by atoms with van der Waals surface area (Å²) in [5, 5.41) is 13.3. The fraction of sp³-hybridized carbons (Fsp3) is 0.444. The molecule has 0 spiro atoms. The molecular formula is C18H23N3O2. The van der Waals surface area contributed by atoms with Gasteiger partial charge in [0.05, 0.1) is 11.8 Å². The largest absolute Gasteiger partial charge is 0.478 e. The van der Waals surface area contributed by atoms with Crippen molar-refractivity contribution in [3.8, 4) is 0 Å². The van der Waals surface area contributed by atoms with Crippen LogP contribution in [0.1, 0.15) is 45.9 Å². The first kappa shape index (κ1) is 15.7. The van der Waals surface area contributed by atoms with E-state index in [0.29, 0.717) is 11.5 Å². The zero-order valence-electron chi connectivity index (χ0n) is 13.7. The van der Waals surface area contributed by atoms with Crippen LogP contribution >= 0.6 is 0 Å². The molecule has 0 aliphatic carbocycles. The standard InChI is InChI=1S/C18H23N3O2/c1-13-17(10-19-20(13)2)12-21-9-3-4-16(11-21)14-5-7-15(8-6-14)18(22)23/h5-8,10,16H,3-4,9,11-12H2,1-2H3,(H,22,23)/t16-/m0/s1. The quantitative estimate of drug-likeness (QED) is 0.943. The average molecular weight is 313 g/mol. The number of carboxylic acids is 1. The molecule has 0 bridgehead atoms. The van der Waals surface area contributed by atoms with Gasteiger partial charge >= 0.3 is 5.97 Å². The van der Waals surface area contributed by atoms with Crippen molar-refractivity contribution < 1.29 is 9.90 Å². The summed E-state index contributed by atoms with van der Waals surface area (Å²) in [6, 6.07) is 7.35. The van der Waals surface area contributed by atoms with Crippen LogP contribution in [-0.2, 0) is 13.6 Å². The number of nitrogens with zero attached hydrogens (tertiary/aromatic N) is 3. The van der Waals surface area contributed by atoms with E-state index in [1.54, 1.807) is 12.1 Å². The van der Waals surface area contributed by atoms with E-state index in [1.165, 1.54) is 23.2 Å². The van der Waals surface area contributed by atoms with Gasteiger partial charge in [-0.05, 0) is 49.9 Å². The molecule has 1 aromatic carbocycles. The molecule has 0 amide bonds. The zero-order valence-corrected chi connectivity index (χ0v) is 13.7. The minimum absolute atomic E-state index is 0.354. The van der Waals surface area contributed by atoms with E-state index in [-0.39, 0.29) is 0 Å². The Balaban J connectivity index is 1.68. The third kappa shape index (κ3) is 3.45. The van der Waals surface area contributed by atoms with E-state index >= 15 is 0 Å². The van der Waals surface area contributed by atoms with E-state index in [9.17, 15) is 4.79 Å². The van der Waals surface area contributed by atoms with Crippen LogP contribution in [0.25, 0.3) is 0 Å². The molecule has 1 N–H and O–H groups in total. The van der Waals surface area contributed by atoms with E-state index in [4.69, 9.17) is 5.11 Å². The van der Waals surface area contributed by atoms with Gasteiger partial charge in [0.2, 0.25) is 0 Å². The summed E-state index contributed by atoms with van der Waals surface area (Å²) in [6.07, 6.45) is 4.29. The molecule has 5 heteroatoms. The number of benzene rings is 1. The average Bonchev–Trinajstić information content (AvgIpc) is 2.87. The van der Waals surface area contributed by atoms with Crippen molar-refractivity contribution in [2.45, 2.75) is 32.2 Å². The maximum atomic E-state index is 11.0. The Labute approximate surface area is 136 Å². The fourth-order valence-electron chi connectivity index (χ4n) is 3.31. The van der Waals surface area contributed by atoms with Gasteiger partial charge in [0.15, 0.2) is 0 Å². The Bertz CT molecular complexity index is 691. The lowest BCUT2D eigenvalue weighted by atomic mass is 9.90. The van der Waals surface area contributed by atoms with Crippen LogP contribution in [-0.4, -0.2) is 38.8 Å². The number of rotatable bonds is 4. The van der Waals surface area contributed by atoms with Crippen molar-refractivity contribution in [2.75, 3.05) is 13.1 Å². The van der Waals surface area contributed by atoms with Crippen LogP contribution in [0.2, 0.25) is 0 Å². The Morgan fingerprint density at radius 1 is 1.35 bits per heavy atom. The number of hydrogen-bond acceptors (Lipinski definition) is 3. The Morgan fingerprint density at radius 2 is 2.09 bits per heavy atom. The molecule has 1 aliphatic heterocycles. The van der Waals surface area contributed by atoms with Crippen molar-refractivity contribution in [1.82, 2.24) is 14.7 Å². The summed E-state index contributed by atoms with van der Waals surface area (Å²) >= 11 is 0. The minimum atomic E-state index is -0.867. The highest BCUT2D eigenvalue weighted by atomic mass is 16.4. The van der Waals surface area contributed by atoms with Gasteiger partial charge in [-0.15, -0.1) is 0 Å². The molecule has 1 atom stereocenters. The second-order valence-electron chi connectivity index (χ2n) is 6.38. The zero-order chi connectivity index (χ0) is 16.4. The van der Waals surface area contributed by atoms with E-state index < -0.39 is 5.97 Å². The lowest BCUT2D eigenvalue weighted by Gasteiger charge is -2.33. The van der Waals surface area contributed by atoms with Crippen molar-refractivity contribution in [3.63, 3.8) is 0 Å². The molecular weight excluding hydrogens is 290 g/mol. The van der Waals surface area contributed by atoms with Crippen molar-refractivity contribution in [1.29, 1.82) is 0 Å². The maximum absolute atomic E-state index is 11.0. The predicted octanol–water partition coefficient (Wildman–Crippen LogP) is 2.81. The summed E-state index contributed by atoms with van der Waals surface area (Å²) in [5.74, 6) is -0.391. The molecule has 122 valence electrons. The summed E-state index contributed by atoms with van der Waals surface area (Å²) in [4.78, 5) is 13.4. The molecule has 1 fully saturated rings. The van der Waals surface area contributed by atoms with Crippen LogP contribution in [0, 0.1) is 6.92 Å². The van der Waals surface area contributed by atoms with Crippen LogP contribution in [0.5, 0.6) is 0 Å². The van der Waals surface area contributed by atoms with Crippen molar-refractivity contribution in [3.05, 3.63) is 52.8 Å². The molecule has 2 aromatic rings. The van der Waals surface area contributed by atoms with Gasteiger partial charge in [0, 0.05) is 31.4 Å². The van der Waals surface area contributed by atoms with Crippen molar-refractivity contribution in [2.24, 2.45) is 7.05 Å². The molecule has 3 rings (SSSR count). The second-order valence-corrected chi connectivity index (χ2v) is 6.38. The number of carboxylic acid groups (broad SMARTS) is 1. The molecule has 2 heterocycles. The highest BCUT2D eigenvalue weighted by Crippen LogP contribution is 2.28. The van der Waals surface area contributed by atoms with E-state index in [0.717, 1.165) is 26.1 Å². The topological polar surface area (TPSA) is 58.4 Å². The number of piperidine rings is 1. The smallest absolute Gasteiger partial charge is 0.335 e. The van der Waals surface area contributed by atoms with Crippen LogP contribution in [0.15, 0.2) is 30.5 Å². The minimum Gasteiger partial charge on any atom is -0.478 e. The fourth-order valence-corrected chi connectivity index (χ4v) is 3.31. The number of carbonyl (C=O) groups is 1. The SMILES string of the molecule is Cc1c(CN2CCC[C@H](c3ccc(C(=O)O)cc3)C2)cnn1C. The highest BCUT2D eigenvalue weighted by molar-refractivity contribution is 5.87.